The molecule has 1 amide bonds. The van der Waals surface area contributed by atoms with Crippen LogP contribution < -0.4 is 5.73 Å². The smallest absolute Gasteiger partial charge is 0.262 e. The van der Waals surface area contributed by atoms with Gasteiger partial charge in [0.25, 0.3) is 5.91 Å². The molecule has 3 aliphatic rings. The van der Waals surface area contributed by atoms with Gasteiger partial charge in [-0.05, 0) is 61.8 Å². The molecule has 0 radical (unpaired) electrons. The predicted octanol–water partition coefficient (Wildman–Crippen LogP) is 1.85. The molecule has 140 valence electrons. The van der Waals surface area contributed by atoms with Crippen LogP contribution in [0.1, 0.15) is 55.4 Å². The summed E-state index contributed by atoms with van der Waals surface area (Å²) in [6.07, 6.45) is 4.05. The molecule has 26 heavy (non-hydrogen) atoms. The SMILES string of the molecule is COC1CCC2(CC1)Cc1ccc(C(C)O)cc1C21N=C(N)N(C)C1=O. The number of nitrogens with two attached hydrogens (primary N) is 1. The largest absolute Gasteiger partial charge is 0.389 e. The van der Waals surface area contributed by atoms with Gasteiger partial charge in [0.1, 0.15) is 0 Å². The highest BCUT2D eigenvalue weighted by Gasteiger charge is 2.66. The average molecular weight is 357 g/mol. The van der Waals surface area contributed by atoms with E-state index >= 15 is 0 Å². The van der Waals surface area contributed by atoms with Crippen LogP contribution in [0.4, 0.5) is 0 Å². The first-order valence-electron chi connectivity index (χ1n) is 9.32. The van der Waals surface area contributed by atoms with Crippen molar-refractivity contribution < 1.29 is 14.6 Å². The highest BCUT2D eigenvalue weighted by atomic mass is 16.5. The number of carbonyl (C=O) groups excluding carboxylic acids is 1. The number of hydrogen-bond acceptors (Lipinski definition) is 5. The number of amides is 1. The van der Waals surface area contributed by atoms with Crippen molar-refractivity contribution in [2.45, 2.75) is 56.8 Å². The van der Waals surface area contributed by atoms with Crippen molar-refractivity contribution in [1.29, 1.82) is 0 Å². The van der Waals surface area contributed by atoms with Gasteiger partial charge in [-0.15, -0.1) is 0 Å². The van der Waals surface area contributed by atoms with E-state index in [2.05, 4.69) is 0 Å². The molecular weight excluding hydrogens is 330 g/mol. The van der Waals surface area contributed by atoms with Gasteiger partial charge in [-0.2, -0.15) is 0 Å². The van der Waals surface area contributed by atoms with Crippen LogP contribution in [0, 0.1) is 5.41 Å². The molecule has 4 rings (SSSR count). The van der Waals surface area contributed by atoms with Gasteiger partial charge in [0, 0.05) is 19.6 Å². The zero-order chi connectivity index (χ0) is 18.7. The Kier molecular flexibility index (Phi) is 3.90. The number of rotatable bonds is 2. The molecule has 1 aromatic rings. The van der Waals surface area contributed by atoms with Gasteiger partial charge in [0.15, 0.2) is 11.5 Å². The van der Waals surface area contributed by atoms with Crippen LogP contribution in [0.3, 0.4) is 0 Å². The fraction of sp³-hybridized carbons (Fsp3) is 0.600. The Labute approximate surface area is 154 Å². The molecule has 6 nitrogen and oxygen atoms in total. The number of hydrogen-bond donors (Lipinski definition) is 2. The lowest BCUT2D eigenvalue weighted by molar-refractivity contribution is -0.137. The molecule has 1 aromatic carbocycles. The third-order valence-corrected chi connectivity index (χ3v) is 6.77. The molecule has 1 heterocycles. The standard InChI is InChI=1S/C20H27N3O3/c1-12(24)13-4-5-14-11-19(8-6-15(26-3)7-9-19)20(16(14)10-13)17(25)23(2)18(21)22-20/h4-5,10,12,15,24H,6-9,11H2,1-3H3,(H2,21,22). The van der Waals surface area contributed by atoms with Crippen molar-refractivity contribution in [2.75, 3.05) is 14.2 Å². The van der Waals surface area contributed by atoms with E-state index < -0.39 is 11.6 Å². The van der Waals surface area contributed by atoms with Crippen molar-refractivity contribution in [3.63, 3.8) is 0 Å². The number of aliphatic imine (C=N–C) groups is 1. The minimum Gasteiger partial charge on any atom is -0.389 e. The molecule has 2 spiro atoms. The van der Waals surface area contributed by atoms with E-state index in [1.807, 2.05) is 18.2 Å². The molecule has 2 atom stereocenters. The van der Waals surface area contributed by atoms with Gasteiger partial charge >= 0.3 is 0 Å². The van der Waals surface area contributed by atoms with Gasteiger partial charge < -0.3 is 15.6 Å². The van der Waals surface area contributed by atoms with E-state index in [1.165, 1.54) is 4.90 Å². The molecule has 1 aliphatic heterocycles. The molecular formula is C20H27N3O3. The van der Waals surface area contributed by atoms with Crippen molar-refractivity contribution in [1.82, 2.24) is 4.90 Å². The van der Waals surface area contributed by atoms with Gasteiger partial charge in [0.2, 0.25) is 0 Å². The number of guanidine groups is 1. The minimum atomic E-state index is -0.967. The van der Waals surface area contributed by atoms with Gasteiger partial charge in [-0.1, -0.05) is 12.1 Å². The maximum atomic E-state index is 13.4. The Bertz CT molecular complexity index is 781. The summed E-state index contributed by atoms with van der Waals surface area (Å²) >= 11 is 0. The zero-order valence-corrected chi connectivity index (χ0v) is 15.7. The molecule has 0 saturated heterocycles. The Morgan fingerprint density at radius 2 is 2.08 bits per heavy atom. The summed E-state index contributed by atoms with van der Waals surface area (Å²) < 4.78 is 5.55. The van der Waals surface area contributed by atoms with Gasteiger partial charge in [-0.3, -0.25) is 9.69 Å². The van der Waals surface area contributed by atoms with Crippen LogP contribution in [-0.2, 0) is 21.5 Å². The monoisotopic (exact) mass is 357 g/mol. The van der Waals surface area contributed by atoms with Crippen LogP contribution in [0.25, 0.3) is 0 Å². The summed E-state index contributed by atoms with van der Waals surface area (Å²) in [7, 11) is 3.45. The lowest BCUT2D eigenvalue weighted by Gasteiger charge is -2.45. The number of fused-ring (bicyclic) bond motifs is 3. The van der Waals surface area contributed by atoms with Gasteiger partial charge in [0.05, 0.1) is 12.2 Å². The van der Waals surface area contributed by atoms with E-state index in [4.69, 9.17) is 15.5 Å². The van der Waals surface area contributed by atoms with Crippen LogP contribution in [0.5, 0.6) is 0 Å². The Hall–Kier alpha value is -1.92. The number of nitrogens with zero attached hydrogens (tertiary/aromatic N) is 2. The maximum Gasteiger partial charge on any atom is 0.262 e. The molecule has 6 heteroatoms. The lowest BCUT2D eigenvalue weighted by Crippen LogP contribution is -2.51. The molecule has 2 unspecified atom stereocenters. The fourth-order valence-electron chi connectivity index (χ4n) is 5.20. The number of ether oxygens (including phenoxy) is 1. The van der Waals surface area contributed by atoms with Crippen molar-refractivity contribution in [3.8, 4) is 0 Å². The molecule has 0 bridgehead atoms. The Morgan fingerprint density at radius 3 is 2.62 bits per heavy atom. The first-order chi connectivity index (χ1) is 12.3. The third-order valence-electron chi connectivity index (χ3n) is 6.77. The summed E-state index contributed by atoms with van der Waals surface area (Å²) in [6, 6.07) is 5.96. The van der Waals surface area contributed by atoms with Crippen LogP contribution in [-0.4, -0.2) is 42.1 Å². The number of methoxy groups -OCH3 is 1. The average Bonchev–Trinajstić information content (AvgIpc) is 3.03. The first-order valence-corrected chi connectivity index (χ1v) is 9.32. The fourth-order valence-corrected chi connectivity index (χ4v) is 5.20. The number of carbonyl (C=O) groups is 1. The number of aliphatic hydroxyl groups is 1. The maximum absolute atomic E-state index is 13.4. The molecule has 3 N–H and O–H groups in total. The van der Waals surface area contributed by atoms with Crippen LogP contribution >= 0.6 is 0 Å². The number of likely N-dealkylation sites (N-methyl/N-ethyl adjacent to an activating group) is 1. The van der Waals surface area contributed by atoms with Crippen molar-refractivity contribution >= 4 is 11.9 Å². The normalized spacial score (nSPS) is 34.5. The second-order valence-electron chi connectivity index (χ2n) is 8.03. The Balaban J connectivity index is 1.89. The zero-order valence-electron chi connectivity index (χ0n) is 15.7. The predicted molar refractivity (Wildman–Crippen MR) is 98.5 cm³/mol. The topological polar surface area (TPSA) is 88.2 Å². The summed E-state index contributed by atoms with van der Waals surface area (Å²) in [4.78, 5) is 19.7. The van der Waals surface area contributed by atoms with E-state index in [0.717, 1.165) is 48.8 Å². The second-order valence-corrected chi connectivity index (χ2v) is 8.03. The summed E-state index contributed by atoms with van der Waals surface area (Å²) in [5.74, 6) is 0.228. The molecule has 1 saturated carbocycles. The highest BCUT2D eigenvalue weighted by Crippen LogP contribution is 2.61. The second kappa shape index (κ2) is 5.79. The Morgan fingerprint density at radius 1 is 1.38 bits per heavy atom. The minimum absolute atomic E-state index is 0.0487. The molecule has 1 fully saturated rings. The van der Waals surface area contributed by atoms with Crippen molar-refractivity contribution in [3.05, 3.63) is 34.9 Å². The van der Waals surface area contributed by atoms with Crippen molar-refractivity contribution in [2.24, 2.45) is 16.1 Å². The highest BCUT2D eigenvalue weighted by molar-refractivity contribution is 6.08. The quantitative estimate of drug-likeness (QED) is 0.845. The van der Waals surface area contributed by atoms with E-state index in [9.17, 15) is 9.90 Å². The summed E-state index contributed by atoms with van der Waals surface area (Å²) in [6.45, 7) is 1.74. The number of aliphatic hydroxyl groups excluding tert-OH is 1. The third kappa shape index (κ3) is 2.12. The molecule has 0 aromatic heterocycles. The van der Waals surface area contributed by atoms with E-state index in [0.29, 0.717) is 0 Å². The van der Waals surface area contributed by atoms with Crippen LogP contribution in [0.15, 0.2) is 23.2 Å². The van der Waals surface area contributed by atoms with Gasteiger partial charge in [-0.25, -0.2) is 4.99 Å². The number of benzene rings is 1. The summed E-state index contributed by atoms with van der Waals surface area (Å²) in [5.41, 5.74) is 7.74. The lowest BCUT2D eigenvalue weighted by atomic mass is 9.61. The van der Waals surface area contributed by atoms with E-state index in [1.54, 1.807) is 21.1 Å². The first kappa shape index (κ1) is 17.5. The van der Waals surface area contributed by atoms with Crippen LogP contribution in [0.2, 0.25) is 0 Å². The summed E-state index contributed by atoms with van der Waals surface area (Å²) in [5, 5.41) is 10.1. The molecule has 2 aliphatic carbocycles. The van der Waals surface area contributed by atoms with E-state index in [-0.39, 0.29) is 23.4 Å².